The van der Waals surface area contributed by atoms with Gasteiger partial charge < -0.3 is 0 Å². The Bertz CT molecular complexity index is 580. The number of halogens is 4. The molecule has 2 aromatic carbocycles. The molecule has 0 aliphatic heterocycles. The van der Waals surface area contributed by atoms with Gasteiger partial charge >= 0.3 is 0 Å². The van der Waals surface area contributed by atoms with Crippen molar-refractivity contribution in [1.29, 1.82) is 0 Å². The van der Waals surface area contributed by atoms with Crippen LogP contribution in [0.4, 0.5) is 13.2 Å². The average Bonchev–Trinajstić information content (AvgIpc) is 2.35. The van der Waals surface area contributed by atoms with Crippen LogP contribution in [-0.4, -0.2) is 0 Å². The average molecular weight is 329 g/mol. The Labute approximate surface area is 118 Å². The van der Waals surface area contributed by atoms with Crippen LogP contribution in [-0.2, 0) is 0 Å². The summed E-state index contributed by atoms with van der Waals surface area (Å²) in [6.07, 6.45) is 0. The summed E-state index contributed by atoms with van der Waals surface area (Å²) >= 11 is 3.29. The van der Waals surface area contributed by atoms with E-state index in [1.807, 2.05) is 0 Å². The first kappa shape index (κ1) is 14.1. The fraction of sp³-hybridized carbons (Fsp3) is 0.200. The first-order valence-corrected chi connectivity index (χ1v) is 6.68. The second-order valence-electron chi connectivity index (χ2n) is 4.47. The highest BCUT2D eigenvalue weighted by Gasteiger charge is 2.20. The molecule has 0 radical (unpaired) electrons. The maximum atomic E-state index is 13.7. The summed E-state index contributed by atoms with van der Waals surface area (Å²) in [4.78, 5) is -0.647. The van der Waals surface area contributed by atoms with E-state index in [4.69, 9.17) is 0 Å². The topological polar surface area (TPSA) is 0 Å². The van der Waals surface area contributed by atoms with Crippen LogP contribution < -0.4 is 0 Å². The van der Waals surface area contributed by atoms with Gasteiger partial charge in [0.05, 0.1) is 4.83 Å². The van der Waals surface area contributed by atoms with Crippen molar-refractivity contribution in [1.82, 2.24) is 0 Å². The molecule has 4 heteroatoms. The molecule has 100 valence electrons. The maximum absolute atomic E-state index is 13.7. The molecular weight excluding hydrogens is 317 g/mol. The fourth-order valence-electron chi connectivity index (χ4n) is 2.05. The van der Waals surface area contributed by atoms with Gasteiger partial charge in [-0.25, -0.2) is 13.2 Å². The molecule has 0 N–H and O–H groups in total. The van der Waals surface area contributed by atoms with E-state index in [-0.39, 0.29) is 11.4 Å². The lowest BCUT2D eigenvalue weighted by molar-refractivity contribution is 0.560. The zero-order valence-electron chi connectivity index (χ0n) is 10.5. The number of hydrogen-bond donors (Lipinski definition) is 0. The van der Waals surface area contributed by atoms with Crippen LogP contribution in [0.1, 0.15) is 27.1 Å². The summed E-state index contributed by atoms with van der Waals surface area (Å²) in [6, 6.07) is 6.90. The summed E-state index contributed by atoms with van der Waals surface area (Å²) in [6.45, 7) is 3.26. The second kappa shape index (κ2) is 5.37. The van der Waals surface area contributed by atoms with Crippen molar-refractivity contribution in [2.45, 2.75) is 18.7 Å². The third-order valence-electron chi connectivity index (χ3n) is 3.00. The smallest absolute Gasteiger partial charge is 0.130 e. The Balaban J connectivity index is 2.53. The molecule has 0 spiro atoms. The van der Waals surface area contributed by atoms with E-state index in [9.17, 15) is 13.2 Å². The molecule has 0 aliphatic carbocycles. The highest BCUT2D eigenvalue weighted by molar-refractivity contribution is 9.09. The number of alkyl halides is 1. The molecule has 0 saturated carbocycles. The third kappa shape index (κ3) is 2.68. The Morgan fingerprint density at radius 2 is 1.42 bits per heavy atom. The second-order valence-corrected chi connectivity index (χ2v) is 5.38. The molecule has 2 aromatic rings. The van der Waals surface area contributed by atoms with Gasteiger partial charge in [0.15, 0.2) is 0 Å². The van der Waals surface area contributed by atoms with Gasteiger partial charge in [-0.2, -0.15) is 0 Å². The number of hydrogen-bond acceptors (Lipinski definition) is 0. The number of benzene rings is 2. The summed E-state index contributed by atoms with van der Waals surface area (Å²) in [5, 5.41) is 0. The van der Waals surface area contributed by atoms with Crippen molar-refractivity contribution >= 4 is 15.9 Å². The van der Waals surface area contributed by atoms with Gasteiger partial charge in [-0.05, 0) is 42.7 Å². The van der Waals surface area contributed by atoms with Gasteiger partial charge in [0.2, 0.25) is 0 Å². The first-order valence-electron chi connectivity index (χ1n) is 5.76. The van der Waals surface area contributed by atoms with Crippen molar-refractivity contribution in [3.05, 3.63) is 70.0 Å². The summed E-state index contributed by atoms with van der Waals surface area (Å²) in [7, 11) is 0. The molecule has 0 nitrogen and oxygen atoms in total. The lowest BCUT2D eigenvalue weighted by atomic mass is 9.99. The van der Waals surface area contributed by atoms with Crippen molar-refractivity contribution in [3.8, 4) is 0 Å². The normalized spacial score (nSPS) is 12.5. The van der Waals surface area contributed by atoms with Gasteiger partial charge in [-0.3, -0.25) is 0 Å². The van der Waals surface area contributed by atoms with Crippen LogP contribution in [0, 0.1) is 31.3 Å². The fourth-order valence-corrected chi connectivity index (χ4v) is 2.75. The van der Waals surface area contributed by atoms with E-state index >= 15 is 0 Å². The number of aryl methyl sites for hydroxylation is 2. The molecule has 0 bridgehead atoms. The Morgan fingerprint density at radius 3 is 1.89 bits per heavy atom. The van der Waals surface area contributed by atoms with Gasteiger partial charge in [0.25, 0.3) is 0 Å². The predicted molar refractivity (Wildman–Crippen MR) is 73.0 cm³/mol. The maximum Gasteiger partial charge on any atom is 0.130 e. The molecule has 2 rings (SSSR count). The Morgan fingerprint density at radius 1 is 0.947 bits per heavy atom. The van der Waals surface area contributed by atoms with Crippen molar-refractivity contribution in [2.24, 2.45) is 0 Å². The van der Waals surface area contributed by atoms with Crippen molar-refractivity contribution < 1.29 is 13.2 Å². The summed E-state index contributed by atoms with van der Waals surface area (Å²) in [5.41, 5.74) is 1.47. The lowest BCUT2D eigenvalue weighted by Gasteiger charge is -2.15. The Kier molecular flexibility index (Phi) is 3.99. The molecule has 0 aromatic heterocycles. The van der Waals surface area contributed by atoms with Crippen LogP contribution in [0.5, 0.6) is 0 Å². The van der Waals surface area contributed by atoms with Gasteiger partial charge in [0.1, 0.15) is 17.5 Å². The van der Waals surface area contributed by atoms with Crippen LogP contribution >= 0.6 is 15.9 Å². The largest absolute Gasteiger partial charge is 0.207 e. The SMILES string of the molecule is Cc1cc(C(Br)c2c(F)cccc2F)cc(C)c1F. The quantitative estimate of drug-likeness (QED) is 0.664. The van der Waals surface area contributed by atoms with E-state index in [2.05, 4.69) is 15.9 Å². The van der Waals surface area contributed by atoms with E-state index in [0.29, 0.717) is 16.7 Å². The highest BCUT2D eigenvalue weighted by atomic mass is 79.9. The van der Waals surface area contributed by atoms with Crippen LogP contribution in [0.25, 0.3) is 0 Å². The first-order chi connectivity index (χ1) is 8.91. The van der Waals surface area contributed by atoms with Crippen LogP contribution in [0.3, 0.4) is 0 Å². The zero-order valence-corrected chi connectivity index (χ0v) is 12.1. The highest BCUT2D eigenvalue weighted by Crippen LogP contribution is 2.35. The molecule has 0 aliphatic rings. The van der Waals surface area contributed by atoms with E-state index in [1.165, 1.54) is 18.2 Å². The van der Waals surface area contributed by atoms with Crippen molar-refractivity contribution in [3.63, 3.8) is 0 Å². The lowest BCUT2D eigenvalue weighted by Crippen LogP contribution is -2.02. The van der Waals surface area contributed by atoms with E-state index in [1.54, 1.807) is 26.0 Å². The van der Waals surface area contributed by atoms with Gasteiger partial charge in [0, 0.05) is 5.56 Å². The van der Waals surface area contributed by atoms with Crippen molar-refractivity contribution in [2.75, 3.05) is 0 Å². The molecule has 0 heterocycles. The molecule has 0 saturated heterocycles. The molecule has 0 amide bonds. The third-order valence-corrected chi connectivity index (χ3v) is 3.99. The standard InChI is InChI=1S/C15H12BrF3/c1-8-6-10(7-9(2)15(8)19)14(16)13-11(17)4-3-5-12(13)18/h3-7,14H,1-2H3. The van der Waals surface area contributed by atoms with E-state index < -0.39 is 16.5 Å². The Hall–Kier alpha value is -1.29. The van der Waals surface area contributed by atoms with Gasteiger partial charge in [-0.15, -0.1) is 0 Å². The predicted octanol–water partition coefficient (Wildman–Crippen LogP) is 5.21. The molecule has 1 atom stereocenters. The number of rotatable bonds is 2. The molecular formula is C15H12BrF3. The minimum atomic E-state index is -0.647. The molecule has 1 unspecified atom stereocenters. The summed E-state index contributed by atoms with van der Waals surface area (Å²) < 4.78 is 41.0. The van der Waals surface area contributed by atoms with Crippen LogP contribution in [0.15, 0.2) is 30.3 Å². The minimum Gasteiger partial charge on any atom is -0.207 e. The van der Waals surface area contributed by atoms with E-state index in [0.717, 1.165) is 0 Å². The monoisotopic (exact) mass is 328 g/mol. The summed E-state index contributed by atoms with van der Waals surface area (Å²) in [5.74, 6) is -1.54. The van der Waals surface area contributed by atoms with Crippen LogP contribution in [0.2, 0.25) is 0 Å². The molecule has 19 heavy (non-hydrogen) atoms. The van der Waals surface area contributed by atoms with Gasteiger partial charge in [-0.1, -0.05) is 34.1 Å². The molecule has 0 fully saturated rings. The zero-order chi connectivity index (χ0) is 14.2. The minimum absolute atomic E-state index is 0.0621.